The first-order chi connectivity index (χ1) is 11.4. The summed E-state index contributed by atoms with van der Waals surface area (Å²) in [4.78, 5) is 14.3. The van der Waals surface area contributed by atoms with Crippen LogP contribution in [0.4, 0.5) is 0 Å². The molecule has 0 aliphatic heterocycles. The number of carbonyl (C=O) groups is 1. The number of aliphatic hydroxyl groups excluding tert-OH is 1. The number of ketones is 1. The Labute approximate surface area is 160 Å². The molecule has 1 atom stereocenters. The van der Waals surface area contributed by atoms with Gasteiger partial charge in [-0.15, -0.1) is 23.7 Å². The highest BCUT2D eigenvalue weighted by Gasteiger charge is 2.17. The molecule has 1 heterocycles. The van der Waals surface area contributed by atoms with Gasteiger partial charge in [-0.2, -0.15) is 0 Å². The smallest absolute Gasteiger partial charge is 0.172 e. The quantitative estimate of drug-likeness (QED) is 0.635. The van der Waals surface area contributed by atoms with Gasteiger partial charge in [-0.1, -0.05) is 29.8 Å². The van der Waals surface area contributed by atoms with Gasteiger partial charge >= 0.3 is 0 Å². The lowest BCUT2D eigenvalue weighted by Gasteiger charge is -2.20. The number of aryl methyl sites for hydroxylation is 3. The number of Topliss-reactive ketones (excluding diaryl/α,β-unsaturated/α-hetero) is 1. The molecule has 25 heavy (non-hydrogen) atoms. The molecule has 3 nitrogen and oxygen atoms in total. The van der Waals surface area contributed by atoms with E-state index in [0.29, 0.717) is 12.8 Å². The van der Waals surface area contributed by atoms with Gasteiger partial charge < -0.3 is 10.8 Å². The molecule has 5 heteroatoms. The highest BCUT2D eigenvalue weighted by atomic mass is 35.5. The lowest BCUT2D eigenvalue weighted by Crippen LogP contribution is -2.40. The van der Waals surface area contributed by atoms with Crippen molar-refractivity contribution in [3.8, 4) is 0 Å². The van der Waals surface area contributed by atoms with E-state index in [4.69, 9.17) is 5.73 Å². The van der Waals surface area contributed by atoms with E-state index in [1.54, 1.807) is 11.3 Å². The van der Waals surface area contributed by atoms with E-state index < -0.39 is 5.54 Å². The molecule has 3 N–H and O–H groups in total. The molecule has 0 radical (unpaired) electrons. The van der Waals surface area contributed by atoms with Crippen LogP contribution in [0.1, 0.15) is 51.9 Å². The minimum Gasteiger partial charge on any atom is -0.394 e. The Bertz CT molecular complexity index is 665. The number of thiophene rings is 1. The summed E-state index contributed by atoms with van der Waals surface area (Å²) in [6, 6.07) is 12.4. The topological polar surface area (TPSA) is 63.3 Å². The maximum atomic E-state index is 12.3. The average molecular weight is 382 g/mol. The van der Waals surface area contributed by atoms with Crippen molar-refractivity contribution in [1.82, 2.24) is 0 Å². The Morgan fingerprint density at radius 1 is 1.16 bits per heavy atom. The van der Waals surface area contributed by atoms with Crippen LogP contribution in [0.25, 0.3) is 0 Å². The fraction of sp³-hybridized carbons (Fsp3) is 0.450. The van der Waals surface area contributed by atoms with Crippen LogP contribution < -0.4 is 5.73 Å². The Kier molecular flexibility index (Phi) is 8.80. The molecule has 0 saturated carbocycles. The fourth-order valence-corrected chi connectivity index (χ4v) is 3.46. The molecule has 0 saturated heterocycles. The van der Waals surface area contributed by atoms with E-state index in [1.807, 2.05) is 19.1 Å². The number of benzene rings is 1. The Morgan fingerprint density at radius 3 is 2.48 bits per heavy atom. The molecule has 0 aliphatic carbocycles. The zero-order valence-corrected chi connectivity index (χ0v) is 16.6. The van der Waals surface area contributed by atoms with Crippen LogP contribution in [0.2, 0.25) is 0 Å². The number of aliphatic hydroxyl groups is 1. The molecule has 0 unspecified atom stereocenters. The van der Waals surface area contributed by atoms with Crippen molar-refractivity contribution in [2.45, 2.75) is 51.5 Å². The predicted octanol–water partition coefficient (Wildman–Crippen LogP) is 4.33. The zero-order chi connectivity index (χ0) is 17.6. The van der Waals surface area contributed by atoms with Gasteiger partial charge in [0.25, 0.3) is 0 Å². The molecule has 0 amide bonds. The Balaban J connectivity index is 0.00000312. The average Bonchev–Trinajstić information content (AvgIpc) is 3.04. The van der Waals surface area contributed by atoms with Crippen molar-refractivity contribution in [2.75, 3.05) is 6.61 Å². The molecule has 138 valence electrons. The molecule has 1 aromatic carbocycles. The number of carbonyl (C=O) groups excluding carboxylic acids is 1. The number of halogens is 1. The van der Waals surface area contributed by atoms with Gasteiger partial charge in [-0.05, 0) is 57.2 Å². The maximum absolute atomic E-state index is 12.3. The Hall–Kier alpha value is -1.20. The molecule has 1 aromatic heterocycles. The minimum absolute atomic E-state index is 0. The summed E-state index contributed by atoms with van der Waals surface area (Å²) in [6.07, 6.45) is 3.91. The molecule has 2 rings (SSSR count). The zero-order valence-electron chi connectivity index (χ0n) is 15.0. The van der Waals surface area contributed by atoms with Crippen molar-refractivity contribution >= 4 is 29.5 Å². The monoisotopic (exact) mass is 381 g/mol. The van der Waals surface area contributed by atoms with E-state index >= 15 is 0 Å². The van der Waals surface area contributed by atoms with E-state index in [1.165, 1.54) is 11.1 Å². The van der Waals surface area contributed by atoms with Gasteiger partial charge in [0.2, 0.25) is 0 Å². The molecular weight excluding hydrogens is 354 g/mol. The van der Waals surface area contributed by atoms with Crippen LogP contribution in [-0.2, 0) is 12.8 Å². The first kappa shape index (κ1) is 21.8. The Morgan fingerprint density at radius 2 is 1.84 bits per heavy atom. The largest absolute Gasteiger partial charge is 0.394 e. The van der Waals surface area contributed by atoms with E-state index in [9.17, 15) is 9.90 Å². The lowest BCUT2D eigenvalue weighted by molar-refractivity contribution is 0.0984. The molecule has 0 aliphatic rings. The second kappa shape index (κ2) is 10.1. The van der Waals surface area contributed by atoms with Crippen molar-refractivity contribution in [3.05, 3.63) is 57.3 Å². The van der Waals surface area contributed by atoms with E-state index in [2.05, 4.69) is 31.2 Å². The second-order valence-corrected chi connectivity index (χ2v) is 8.01. The van der Waals surface area contributed by atoms with Gasteiger partial charge in [-0.25, -0.2) is 0 Å². The number of nitrogens with two attached hydrogens (primary N) is 1. The predicted molar refractivity (Wildman–Crippen MR) is 108 cm³/mol. The number of hydrogen-bond acceptors (Lipinski definition) is 4. The molecule has 0 spiro atoms. The normalized spacial score (nSPS) is 13.1. The van der Waals surface area contributed by atoms with Crippen LogP contribution >= 0.6 is 23.7 Å². The van der Waals surface area contributed by atoms with Crippen molar-refractivity contribution in [1.29, 1.82) is 0 Å². The van der Waals surface area contributed by atoms with Crippen LogP contribution in [-0.4, -0.2) is 23.0 Å². The number of rotatable bonds is 9. The van der Waals surface area contributed by atoms with Crippen LogP contribution in [0.15, 0.2) is 36.4 Å². The highest BCUT2D eigenvalue weighted by Crippen LogP contribution is 2.22. The van der Waals surface area contributed by atoms with Crippen LogP contribution in [0.5, 0.6) is 0 Å². The maximum Gasteiger partial charge on any atom is 0.172 e. The third-order valence-corrected chi connectivity index (χ3v) is 5.42. The van der Waals surface area contributed by atoms with Gasteiger partial charge in [-0.3, -0.25) is 4.79 Å². The first-order valence-electron chi connectivity index (χ1n) is 8.47. The SMILES string of the molecule is Cc1ccc(CCCC(=O)c2ccc(CC[C@@](C)(N)CO)s2)cc1.Cl. The molecule has 2 aromatic rings. The molecule has 0 bridgehead atoms. The summed E-state index contributed by atoms with van der Waals surface area (Å²) >= 11 is 1.55. The summed E-state index contributed by atoms with van der Waals surface area (Å²) in [7, 11) is 0. The summed E-state index contributed by atoms with van der Waals surface area (Å²) < 4.78 is 0. The lowest BCUT2D eigenvalue weighted by atomic mass is 9.98. The van der Waals surface area contributed by atoms with E-state index in [-0.39, 0.29) is 24.8 Å². The molecule has 0 fully saturated rings. The summed E-state index contributed by atoms with van der Waals surface area (Å²) in [6.45, 7) is 3.90. The van der Waals surface area contributed by atoms with E-state index in [0.717, 1.165) is 29.0 Å². The summed E-state index contributed by atoms with van der Waals surface area (Å²) in [5.41, 5.74) is 7.94. The van der Waals surface area contributed by atoms with Gasteiger partial charge in [0, 0.05) is 16.8 Å². The van der Waals surface area contributed by atoms with Crippen LogP contribution in [0.3, 0.4) is 0 Å². The second-order valence-electron chi connectivity index (χ2n) is 6.84. The van der Waals surface area contributed by atoms with Crippen LogP contribution in [0, 0.1) is 6.92 Å². The van der Waals surface area contributed by atoms with Gasteiger partial charge in [0.1, 0.15) is 0 Å². The first-order valence-corrected chi connectivity index (χ1v) is 9.28. The fourth-order valence-electron chi connectivity index (χ4n) is 2.48. The van der Waals surface area contributed by atoms with Crippen molar-refractivity contribution in [2.24, 2.45) is 5.73 Å². The van der Waals surface area contributed by atoms with Gasteiger partial charge in [0.05, 0.1) is 11.5 Å². The third-order valence-electron chi connectivity index (χ3n) is 4.23. The highest BCUT2D eigenvalue weighted by molar-refractivity contribution is 7.14. The number of hydrogen-bond donors (Lipinski definition) is 2. The molecular formula is C20H28ClNO2S. The third kappa shape index (κ3) is 7.28. The van der Waals surface area contributed by atoms with Crippen molar-refractivity contribution in [3.63, 3.8) is 0 Å². The minimum atomic E-state index is -0.553. The van der Waals surface area contributed by atoms with Crippen molar-refractivity contribution < 1.29 is 9.90 Å². The summed E-state index contributed by atoms with van der Waals surface area (Å²) in [5.74, 6) is 0.219. The standard InChI is InChI=1S/C20H27NO2S.ClH/c1-15-6-8-16(9-7-15)4-3-5-18(23)19-11-10-17(24-19)12-13-20(2,21)14-22;/h6-11,22H,3-5,12-14,21H2,1-2H3;1H/t20-;/m1./s1. The summed E-state index contributed by atoms with van der Waals surface area (Å²) in [5, 5.41) is 9.20. The van der Waals surface area contributed by atoms with Gasteiger partial charge in [0.15, 0.2) is 5.78 Å².